The van der Waals surface area contributed by atoms with Crippen LogP contribution < -0.4 is 0 Å². The number of phosphoric ester groups is 2. The Morgan fingerprint density at radius 1 is 0.293 bits per heavy atom. The van der Waals surface area contributed by atoms with Crippen LogP contribution in [0, 0.1) is 0 Å². The van der Waals surface area contributed by atoms with Crippen LogP contribution in [0.3, 0.4) is 0 Å². The summed E-state index contributed by atoms with van der Waals surface area (Å²) in [6.45, 7) is 4.82. The van der Waals surface area contributed by atoms with Crippen LogP contribution in [0.15, 0.2) is 0 Å². The molecule has 0 aliphatic heterocycles. The Kier molecular flexibility index (Phi) is 56.7. The number of phosphoric acid groups is 2. The van der Waals surface area contributed by atoms with Gasteiger partial charge >= 0.3 is 39.5 Å². The molecular formula is C63H122O17P2. The normalized spacial score (nSPS) is 14.2. The molecule has 0 bridgehead atoms. The molecule has 0 spiro atoms. The number of carbonyl (C=O) groups excluding carboxylic acids is 4. The third-order valence-electron chi connectivity index (χ3n) is 14.6. The maximum Gasteiger partial charge on any atom is 0.472 e. The zero-order chi connectivity index (χ0) is 60.5. The van der Waals surface area contributed by atoms with E-state index in [-0.39, 0.29) is 25.7 Å². The highest BCUT2D eigenvalue weighted by Gasteiger charge is 2.30. The van der Waals surface area contributed by atoms with Gasteiger partial charge in [-0.2, -0.15) is 0 Å². The van der Waals surface area contributed by atoms with Crippen molar-refractivity contribution in [3.05, 3.63) is 0 Å². The molecule has 0 rings (SSSR count). The molecule has 17 nitrogen and oxygen atoms in total. The molecule has 0 amide bonds. The number of rotatable bonds is 64. The summed E-state index contributed by atoms with van der Waals surface area (Å²) in [4.78, 5) is 72.0. The van der Waals surface area contributed by atoms with Gasteiger partial charge < -0.3 is 33.8 Å². The van der Waals surface area contributed by atoms with E-state index in [1.807, 2.05) is 0 Å². The molecule has 0 radical (unpaired) electrons. The first-order chi connectivity index (χ1) is 39.7. The van der Waals surface area contributed by atoms with E-state index in [0.29, 0.717) is 25.7 Å². The Morgan fingerprint density at radius 2 is 0.488 bits per heavy atom. The van der Waals surface area contributed by atoms with Crippen molar-refractivity contribution in [1.29, 1.82) is 0 Å². The smallest absolute Gasteiger partial charge is 0.462 e. The standard InChI is InChI=1S/C63H122O17P2/c1-5-9-13-17-21-24-26-27-28-29-30-32-34-38-42-46-50-63(68)80-59(54-74-61(66)48-44-40-37-33-31-25-22-18-14-10-6-2)56-78-82(71,72)76-52-57(64)51-75-81(69,70)77-55-58(53-73-60(65)47-43-39-35-20-16-12-8-4)79-62(67)49-45-41-36-23-19-15-11-7-3/h57-59,64H,5-56H2,1-4H3,(H,69,70)(H,71,72)/t57-,58+,59+/m0/s1. The van der Waals surface area contributed by atoms with Crippen LogP contribution in [0.1, 0.15) is 323 Å². The van der Waals surface area contributed by atoms with Crippen molar-refractivity contribution in [2.24, 2.45) is 0 Å². The highest BCUT2D eigenvalue weighted by molar-refractivity contribution is 7.47. The van der Waals surface area contributed by atoms with Crippen LogP contribution in [0.25, 0.3) is 0 Å². The Hall–Kier alpha value is -1.94. The molecule has 0 fully saturated rings. The van der Waals surface area contributed by atoms with Crippen LogP contribution >= 0.6 is 15.6 Å². The fourth-order valence-electron chi connectivity index (χ4n) is 9.46. The molecule has 82 heavy (non-hydrogen) atoms. The lowest BCUT2D eigenvalue weighted by atomic mass is 10.0. The lowest BCUT2D eigenvalue weighted by molar-refractivity contribution is -0.161. The van der Waals surface area contributed by atoms with Gasteiger partial charge in [0.15, 0.2) is 12.2 Å². The van der Waals surface area contributed by atoms with Crippen molar-refractivity contribution >= 4 is 39.5 Å². The molecule has 0 heterocycles. The van der Waals surface area contributed by atoms with Crippen molar-refractivity contribution in [3.8, 4) is 0 Å². The monoisotopic (exact) mass is 1210 g/mol. The summed E-state index contributed by atoms with van der Waals surface area (Å²) in [6.07, 6.45) is 43.2. The molecule has 0 aromatic rings. The first-order valence-corrected chi connectivity index (χ1v) is 36.3. The quantitative estimate of drug-likeness (QED) is 0.0222. The van der Waals surface area contributed by atoms with Crippen LogP contribution in [-0.4, -0.2) is 96.7 Å². The Bertz CT molecular complexity index is 1590. The second-order valence-corrected chi connectivity index (χ2v) is 25.7. The van der Waals surface area contributed by atoms with Crippen LogP contribution in [-0.2, 0) is 65.4 Å². The largest absolute Gasteiger partial charge is 0.472 e. The minimum Gasteiger partial charge on any atom is -0.462 e. The zero-order valence-electron chi connectivity index (χ0n) is 52.5. The van der Waals surface area contributed by atoms with Gasteiger partial charge in [0.1, 0.15) is 19.3 Å². The summed E-state index contributed by atoms with van der Waals surface area (Å²) in [5, 5.41) is 10.5. The topological polar surface area (TPSA) is 237 Å². The molecule has 0 aliphatic carbocycles. The second-order valence-electron chi connectivity index (χ2n) is 22.8. The molecule has 0 saturated heterocycles. The van der Waals surface area contributed by atoms with Crippen molar-refractivity contribution in [1.82, 2.24) is 0 Å². The first-order valence-electron chi connectivity index (χ1n) is 33.3. The van der Waals surface area contributed by atoms with Crippen LogP contribution in [0.2, 0.25) is 0 Å². The highest BCUT2D eigenvalue weighted by Crippen LogP contribution is 2.45. The van der Waals surface area contributed by atoms with Gasteiger partial charge in [0.2, 0.25) is 0 Å². The fraction of sp³-hybridized carbons (Fsp3) is 0.937. The molecule has 19 heteroatoms. The molecular weight excluding hydrogens is 1090 g/mol. The van der Waals surface area contributed by atoms with Gasteiger partial charge in [-0.25, -0.2) is 9.13 Å². The van der Waals surface area contributed by atoms with E-state index >= 15 is 0 Å². The van der Waals surface area contributed by atoms with Crippen molar-refractivity contribution in [2.45, 2.75) is 341 Å². The molecule has 0 aromatic heterocycles. The molecule has 0 aromatic carbocycles. The number of esters is 4. The average molecular weight is 1210 g/mol. The molecule has 0 aliphatic rings. The van der Waals surface area contributed by atoms with E-state index < -0.39 is 97.5 Å². The van der Waals surface area contributed by atoms with Crippen molar-refractivity contribution in [2.75, 3.05) is 39.6 Å². The summed E-state index contributed by atoms with van der Waals surface area (Å²) in [5.41, 5.74) is 0. The minimum absolute atomic E-state index is 0.105. The van der Waals surface area contributed by atoms with Gasteiger partial charge in [0.05, 0.1) is 26.4 Å². The minimum atomic E-state index is -4.94. The second kappa shape index (κ2) is 58.1. The average Bonchev–Trinajstić information content (AvgIpc) is 3.49. The summed E-state index contributed by atoms with van der Waals surface area (Å²) >= 11 is 0. The van der Waals surface area contributed by atoms with Crippen molar-refractivity contribution in [3.63, 3.8) is 0 Å². The van der Waals surface area contributed by atoms with Gasteiger partial charge in [-0.05, 0) is 25.7 Å². The van der Waals surface area contributed by atoms with E-state index in [2.05, 4.69) is 27.7 Å². The number of unbranched alkanes of at least 4 members (excludes halogenated alkanes) is 38. The lowest BCUT2D eigenvalue weighted by Gasteiger charge is -2.21. The van der Waals surface area contributed by atoms with E-state index in [1.165, 1.54) is 135 Å². The van der Waals surface area contributed by atoms with Gasteiger partial charge in [0, 0.05) is 25.7 Å². The number of aliphatic hydroxyl groups is 1. The van der Waals surface area contributed by atoms with Crippen molar-refractivity contribution < 1.29 is 80.2 Å². The van der Waals surface area contributed by atoms with Gasteiger partial charge in [-0.3, -0.25) is 37.3 Å². The number of hydrogen-bond acceptors (Lipinski definition) is 15. The summed E-state index contributed by atoms with van der Waals surface area (Å²) in [7, 11) is -9.87. The first kappa shape index (κ1) is 80.1. The highest BCUT2D eigenvalue weighted by atomic mass is 31.2. The van der Waals surface area contributed by atoms with E-state index in [1.54, 1.807) is 0 Å². The van der Waals surface area contributed by atoms with Crippen LogP contribution in [0.4, 0.5) is 0 Å². The lowest BCUT2D eigenvalue weighted by Crippen LogP contribution is -2.30. The Morgan fingerprint density at radius 3 is 0.720 bits per heavy atom. The predicted molar refractivity (Wildman–Crippen MR) is 326 cm³/mol. The summed E-state index contributed by atoms with van der Waals surface area (Å²) in [6, 6.07) is 0. The number of aliphatic hydroxyl groups excluding tert-OH is 1. The third kappa shape index (κ3) is 57.2. The fourth-order valence-corrected chi connectivity index (χ4v) is 11.0. The molecule has 2 unspecified atom stereocenters. The SMILES string of the molecule is CCCCCCCCCCCCCCCCCCC(=O)O[C@H](COC(=O)CCCCCCCCCCCCC)COP(=O)(O)OC[C@@H](O)COP(=O)(O)OC[C@@H](COC(=O)CCCCCCCCC)OC(=O)CCCCCCCCCC. The number of hydrogen-bond donors (Lipinski definition) is 3. The summed E-state index contributed by atoms with van der Waals surface area (Å²) < 4.78 is 67.8. The Labute approximate surface area is 498 Å². The molecule has 486 valence electrons. The predicted octanol–water partition coefficient (Wildman–Crippen LogP) is 17.5. The molecule has 5 atom stereocenters. The van der Waals surface area contributed by atoms with Crippen LogP contribution in [0.5, 0.6) is 0 Å². The maximum absolute atomic E-state index is 13.0. The van der Waals surface area contributed by atoms with Gasteiger partial charge in [-0.15, -0.1) is 0 Å². The maximum atomic E-state index is 13.0. The number of carbonyl (C=O) groups is 4. The van der Waals surface area contributed by atoms with Gasteiger partial charge in [-0.1, -0.05) is 272 Å². The van der Waals surface area contributed by atoms with E-state index in [9.17, 15) is 43.2 Å². The third-order valence-corrected chi connectivity index (χ3v) is 16.5. The van der Waals surface area contributed by atoms with E-state index in [4.69, 9.17) is 37.0 Å². The molecule has 3 N–H and O–H groups in total. The number of ether oxygens (including phenoxy) is 4. The summed E-state index contributed by atoms with van der Waals surface area (Å²) in [5.74, 6) is -2.14. The zero-order valence-corrected chi connectivity index (χ0v) is 54.2. The molecule has 0 saturated carbocycles. The van der Waals surface area contributed by atoms with E-state index in [0.717, 1.165) is 109 Å². The van der Waals surface area contributed by atoms with Gasteiger partial charge in [0.25, 0.3) is 0 Å². The Balaban J connectivity index is 5.17.